The van der Waals surface area contributed by atoms with Crippen LogP contribution in [0.3, 0.4) is 0 Å². The largest absolute Gasteiger partial charge is 0.409 e. The Labute approximate surface area is 181 Å². The van der Waals surface area contributed by atoms with Crippen molar-refractivity contribution in [2.24, 2.45) is 10.9 Å². The van der Waals surface area contributed by atoms with Crippen molar-refractivity contribution in [3.05, 3.63) is 40.4 Å². The molecule has 1 aromatic carbocycles. The van der Waals surface area contributed by atoms with Crippen molar-refractivity contribution in [1.82, 2.24) is 15.2 Å². The van der Waals surface area contributed by atoms with Gasteiger partial charge in [0.1, 0.15) is 11.5 Å². The number of sulfone groups is 1. The summed E-state index contributed by atoms with van der Waals surface area (Å²) in [5, 5.41) is 19.7. The topological polar surface area (TPSA) is 164 Å². The van der Waals surface area contributed by atoms with Gasteiger partial charge in [-0.3, -0.25) is 4.79 Å². The average Bonchev–Trinajstić information content (AvgIpc) is 3.23. The van der Waals surface area contributed by atoms with Crippen LogP contribution in [0, 0.1) is 5.82 Å². The number of carbonyl (C=O) groups excluding carboxylic acids is 1. The van der Waals surface area contributed by atoms with E-state index in [2.05, 4.69) is 25.4 Å². The summed E-state index contributed by atoms with van der Waals surface area (Å²) in [7, 11) is -3.94. The first-order valence-electron chi connectivity index (χ1n) is 9.16. The highest BCUT2D eigenvalue weighted by atomic mass is 35.5. The third kappa shape index (κ3) is 4.78. The van der Waals surface area contributed by atoms with Gasteiger partial charge in [0.25, 0.3) is 0 Å². The van der Waals surface area contributed by atoms with Gasteiger partial charge in [0.05, 0.1) is 10.3 Å². The lowest BCUT2D eigenvalue weighted by Crippen LogP contribution is -2.44. The number of aromatic nitrogens is 2. The third-order valence-corrected chi connectivity index (χ3v) is 7.62. The van der Waals surface area contributed by atoms with Gasteiger partial charge in [-0.2, -0.15) is 0 Å². The van der Waals surface area contributed by atoms with Gasteiger partial charge in [0.2, 0.25) is 11.7 Å². The molecule has 2 heterocycles. The van der Waals surface area contributed by atoms with Crippen LogP contribution >= 0.6 is 11.6 Å². The molecule has 4 N–H and O–H groups in total. The highest BCUT2D eigenvalue weighted by Gasteiger charge is 2.39. The second kappa shape index (κ2) is 9.16. The van der Waals surface area contributed by atoms with E-state index in [1.54, 1.807) is 4.90 Å². The molecule has 31 heavy (non-hydrogen) atoms. The van der Waals surface area contributed by atoms with E-state index < -0.39 is 26.3 Å². The number of halogens is 2. The molecule has 1 aliphatic heterocycles. The number of benzene rings is 1. The number of nitrogens with zero attached hydrogens (tertiary/aromatic N) is 4. The van der Waals surface area contributed by atoms with Crippen LogP contribution in [0.4, 0.5) is 10.1 Å². The monoisotopic (exact) mass is 474 g/mol. The maximum Gasteiger partial charge on any atom is 0.219 e. The van der Waals surface area contributed by atoms with Gasteiger partial charge in [-0.15, -0.1) is 0 Å². The molecule has 0 spiro atoms. The Morgan fingerprint density at radius 2 is 2.10 bits per heavy atom. The van der Waals surface area contributed by atoms with Gasteiger partial charge < -0.3 is 21.2 Å². The first-order valence-corrected chi connectivity index (χ1v) is 11.1. The van der Waals surface area contributed by atoms with Gasteiger partial charge in [-0.05, 0) is 36.2 Å². The lowest BCUT2D eigenvalue weighted by Gasteiger charge is -2.32. The number of oxime groups is 1. The lowest BCUT2D eigenvalue weighted by molar-refractivity contribution is -0.129. The average molecular weight is 475 g/mol. The Kier molecular flexibility index (Phi) is 6.77. The molecule has 1 saturated heterocycles. The molecule has 1 fully saturated rings. The summed E-state index contributed by atoms with van der Waals surface area (Å²) >= 11 is 5.74. The van der Waals surface area contributed by atoms with E-state index >= 15 is 0 Å². The summed E-state index contributed by atoms with van der Waals surface area (Å²) < 4.78 is 44.1. The minimum Gasteiger partial charge on any atom is -0.409 e. The standard InChI is InChI=1S/C17H20ClFN6O5S/c1-9(26)25-6-4-11(5-7-25)31(28,29)16(20)14-15(24-30-23-14)17(22-27)21-10-2-3-13(19)12(18)8-10/h2-3,8,11,16,27H,4-7,20H2,1H3,(H,21,22). The molecule has 1 atom stereocenters. The van der Waals surface area contributed by atoms with Crippen molar-refractivity contribution >= 4 is 38.9 Å². The van der Waals surface area contributed by atoms with E-state index in [-0.39, 0.29) is 46.7 Å². The molecule has 0 bridgehead atoms. The highest BCUT2D eigenvalue weighted by molar-refractivity contribution is 7.92. The number of piperidine rings is 1. The van der Waals surface area contributed by atoms with Crippen molar-refractivity contribution in [3.63, 3.8) is 0 Å². The van der Waals surface area contributed by atoms with E-state index in [0.29, 0.717) is 13.1 Å². The number of rotatable bonds is 5. The molecule has 0 radical (unpaired) electrons. The highest BCUT2D eigenvalue weighted by Crippen LogP contribution is 2.28. The lowest BCUT2D eigenvalue weighted by atomic mass is 10.1. The van der Waals surface area contributed by atoms with Crippen molar-refractivity contribution in [1.29, 1.82) is 0 Å². The summed E-state index contributed by atoms with van der Waals surface area (Å²) in [4.78, 5) is 13.0. The van der Waals surface area contributed by atoms with E-state index in [1.165, 1.54) is 19.1 Å². The van der Waals surface area contributed by atoms with Gasteiger partial charge in [0.15, 0.2) is 20.9 Å². The van der Waals surface area contributed by atoms with Crippen LogP contribution < -0.4 is 11.1 Å². The fourth-order valence-corrected chi connectivity index (χ4v) is 5.18. The summed E-state index contributed by atoms with van der Waals surface area (Å²) in [6.45, 7) is 2.02. The first-order chi connectivity index (χ1) is 14.6. The van der Waals surface area contributed by atoms with Crippen LogP contribution in [0.2, 0.25) is 5.02 Å². The predicted molar refractivity (Wildman–Crippen MR) is 109 cm³/mol. The number of carbonyl (C=O) groups is 1. The number of amidine groups is 1. The van der Waals surface area contributed by atoms with Crippen LogP contribution in [0.1, 0.15) is 36.5 Å². The van der Waals surface area contributed by atoms with Gasteiger partial charge in [-0.1, -0.05) is 21.9 Å². The van der Waals surface area contributed by atoms with Crippen LogP contribution in [0.25, 0.3) is 0 Å². The normalized spacial score (nSPS) is 16.9. The molecule has 3 rings (SSSR count). The smallest absolute Gasteiger partial charge is 0.219 e. The number of nitrogens with one attached hydrogen (secondary N) is 1. The van der Waals surface area contributed by atoms with Crippen LogP contribution in [-0.4, -0.2) is 58.9 Å². The Morgan fingerprint density at radius 3 is 2.68 bits per heavy atom. The summed E-state index contributed by atoms with van der Waals surface area (Å²) in [5.74, 6) is -1.10. The molecule has 168 valence electrons. The second-order valence-electron chi connectivity index (χ2n) is 6.92. The molecule has 1 aromatic heterocycles. The summed E-state index contributed by atoms with van der Waals surface area (Å²) in [6.07, 6.45) is 0.451. The van der Waals surface area contributed by atoms with Gasteiger partial charge >= 0.3 is 0 Å². The minimum atomic E-state index is -3.94. The fraction of sp³-hybridized carbons (Fsp3) is 0.412. The Bertz CT molecular complexity index is 1100. The molecule has 14 heteroatoms. The van der Waals surface area contributed by atoms with Crippen molar-refractivity contribution in [3.8, 4) is 0 Å². The second-order valence-corrected chi connectivity index (χ2v) is 9.68. The van der Waals surface area contributed by atoms with Crippen molar-refractivity contribution < 1.29 is 27.4 Å². The number of anilines is 1. The number of hydrogen-bond acceptors (Lipinski definition) is 9. The first kappa shape index (κ1) is 22.9. The number of nitrogens with two attached hydrogens (primary N) is 1. The third-order valence-electron chi connectivity index (χ3n) is 5.00. The van der Waals surface area contributed by atoms with Crippen LogP contribution in [0.5, 0.6) is 0 Å². The molecule has 0 saturated carbocycles. The molecular weight excluding hydrogens is 455 g/mol. The summed E-state index contributed by atoms with van der Waals surface area (Å²) in [5.41, 5.74) is 5.75. The number of likely N-dealkylation sites (tertiary alicyclic amines) is 1. The maximum atomic E-state index is 13.4. The number of amides is 1. The van der Waals surface area contributed by atoms with Crippen LogP contribution in [-0.2, 0) is 14.6 Å². The molecule has 1 aliphatic rings. The van der Waals surface area contributed by atoms with E-state index in [9.17, 15) is 22.8 Å². The SMILES string of the molecule is CC(=O)N1CCC(S(=O)(=O)C(N)c2nonc2/C(=N/O)Nc2ccc(F)c(Cl)c2)CC1. The van der Waals surface area contributed by atoms with Crippen molar-refractivity contribution in [2.45, 2.75) is 30.4 Å². The quantitative estimate of drug-likeness (QED) is 0.252. The van der Waals surface area contributed by atoms with E-state index in [0.717, 1.165) is 6.07 Å². The Balaban J connectivity index is 1.82. The fourth-order valence-electron chi connectivity index (χ4n) is 3.25. The van der Waals surface area contributed by atoms with Crippen LogP contribution in [0.15, 0.2) is 28.0 Å². The summed E-state index contributed by atoms with van der Waals surface area (Å²) in [6, 6.07) is 3.64. The van der Waals surface area contributed by atoms with Crippen molar-refractivity contribution in [2.75, 3.05) is 18.4 Å². The van der Waals surface area contributed by atoms with E-state index in [1.807, 2.05) is 0 Å². The van der Waals surface area contributed by atoms with Gasteiger partial charge in [-0.25, -0.2) is 17.4 Å². The van der Waals surface area contributed by atoms with Gasteiger partial charge in [0, 0.05) is 25.7 Å². The molecule has 0 aliphatic carbocycles. The molecule has 11 nitrogen and oxygen atoms in total. The molecule has 1 amide bonds. The molecular formula is C17H20ClFN6O5S. The predicted octanol–water partition coefficient (Wildman–Crippen LogP) is 1.49. The minimum absolute atomic E-state index is 0.126. The zero-order chi connectivity index (χ0) is 22.8. The van der Waals surface area contributed by atoms with E-state index in [4.69, 9.17) is 17.3 Å². The maximum absolute atomic E-state index is 13.4. The molecule has 2 aromatic rings. The zero-order valence-electron chi connectivity index (χ0n) is 16.3. The molecule has 1 unspecified atom stereocenters. The zero-order valence-corrected chi connectivity index (χ0v) is 17.9. The Morgan fingerprint density at radius 1 is 1.42 bits per heavy atom. The number of hydrogen-bond donors (Lipinski definition) is 3. The Hall–Kier alpha value is -2.77.